The molecule has 1 fully saturated rings. The van der Waals surface area contributed by atoms with Crippen LogP contribution >= 0.6 is 0 Å². The summed E-state index contributed by atoms with van der Waals surface area (Å²) in [4.78, 5) is 38.7. The Hall–Kier alpha value is -2.80. The van der Waals surface area contributed by atoms with Crippen molar-refractivity contribution in [1.29, 1.82) is 0 Å². The van der Waals surface area contributed by atoms with Gasteiger partial charge in [0.25, 0.3) is 5.91 Å². The first-order valence-electron chi connectivity index (χ1n) is 11.5. The average molecular weight is 437 g/mol. The molecule has 170 valence electrons. The van der Waals surface area contributed by atoms with Gasteiger partial charge in [-0.25, -0.2) is 9.97 Å². The lowest BCUT2D eigenvalue weighted by molar-refractivity contribution is -0.149. The average Bonchev–Trinajstić information content (AvgIpc) is 3.24. The van der Waals surface area contributed by atoms with E-state index in [1.165, 1.54) is 19.4 Å². The summed E-state index contributed by atoms with van der Waals surface area (Å²) in [6.45, 7) is 6.16. The highest BCUT2D eigenvalue weighted by atomic mass is 16.3. The second-order valence-corrected chi connectivity index (χ2v) is 9.32. The number of benzene rings is 1. The van der Waals surface area contributed by atoms with Crippen LogP contribution in [-0.2, 0) is 22.4 Å². The summed E-state index contributed by atoms with van der Waals surface area (Å²) in [5.41, 5.74) is 1.70. The maximum Gasteiger partial charge on any atom is 0.254 e. The highest BCUT2D eigenvalue weighted by molar-refractivity contribution is 5.95. The number of aromatic nitrogens is 2. The van der Waals surface area contributed by atoms with Crippen molar-refractivity contribution < 1.29 is 14.7 Å². The van der Waals surface area contributed by atoms with E-state index in [9.17, 15) is 14.7 Å². The van der Waals surface area contributed by atoms with Crippen LogP contribution in [0.4, 0.5) is 5.82 Å². The Bertz CT molecular complexity index is 1000. The molecule has 32 heavy (non-hydrogen) atoms. The molecule has 0 aliphatic carbocycles. The summed E-state index contributed by atoms with van der Waals surface area (Å²) in [6.07, 6.45) is 4.45. The predicted octanol–water partition coefficient (Wildman–Crippen LogP) is 3.13. The molecule has 7 nitrogen and oxygen atoms in total. The van der Waals surface area contributed by atoms with Crippen molar-refractivity contribution in [3.05, 3.63) is 53.0 Å². The molecular formula is C25H32N4O3. The van der Waals surface area contributed by atoms with Crippen LogP contribution in [0.15, 0.2) is 30.3 Å². The lowest BCUT2D eigenvalue weighted by Crippen LogP contribution is -2.45. The number of anilines is 1. The molecule has 7 heteroatoms. The maximum absolute atomic E-state index is 12.8. The number of hydrogen-bond acceptors (Lipinski definition) is 5. The molecule has 2 aliphatic heterocycles. The van der Waals surface area contributed by atoms with E-state index in [1.807, 2.05) is 25.1 Å². The first kappa shape index (κ1) is 22.4. The van der Waals surface area contributed by atoms with Gasteiger partial charge in [0, 0.05) is 30.8 Å². The molecule has 1 N–H and O–H groups in total. The Kier molecular flexibility index (Phi) is 6.29. The van der Waals surface area contributed by atoms with Crippen LogP contribution in [0.25, 0.3) is 0 Å². The predicted molar refractivity (Wildman–Crippen MR) is 122 cm³/mol. The van der Waals surface area contributed by atoms with Gasteiger partial charge >= 0.3 is 0 Å². The van der Waals surface area contributed by atoms with Gasteiger partial charge in [-0.1, -0.05) is 30.3 Å². The maximum atomic E-state index is 12.8. The Morgan fingerprint density at radius 1 is 1.19 bits per heavy atom. The van der Waals surface area contributed by atoms with Crippen LogP contribution in [0, 0.1) is 6.92 Å². The zero-order valence-corrected chi connectivity index (χ0v) is 19.2. The zero-order valence-electron chi connectivity index (χ0n) is 19.2. The van der Waals surface area contributed by atoms with E-state index in [0.29, 0.717) is 37.6 Å². The SMILES string of the molecule is Cc1nc(C2CCCN2C(=O)C(C)(C)O)nc2c1CCC(=O)N2CCCc1ccccc1. The number of amides is 2. The van der Waals surface area contributed by atoms with Crippen molar-refractivity contribution in [3.63, 3.8) is 0 Å². The van der Waals surface area contributed by atoms with Crippen molar-refractivity contribution >= 4 is 17.6 Å². The molecule has 4 rings (SSSR count). The highest BCUT2D eigenvalue weighted by Gasteiger charge is 2.39. The molecule has 0 radical (unpaired) electrons. The molecule has 1 saturated heterocycles. The molecule has 0 saturated carbocycles. The third-order valence-corrected chi connectivity index (χ3v) is 6.38. The first-order valence-corrected chi connectivity index (χ1v) is 11.5. The van der Waals surface area contributed by atoms with Crippen molar-refractivity contribution in [2.75, 3.05) is 18.0 Å². The van der Waals surface area contributed by atoms with Crippen molar-refractivity contribution in [3.8, 4) is 0 Å². The van der Waals surface area contributed by atoms with Crippen molar-refractivity contribution in [1.82, 2.24) is 14.9 Å². The van der Waals surface area contributed by atoms with Crippen LogP contribution in [0.2, 0.25) is 0 Å². The fourth-order valence-electron chi connectivity index (χ4n) is 4.70. The normalized spacial score (nSPS) is 18.8. The number of hydrogen-bond donors (Lipinski definition) is 1. The van der Waals surface area contributed by atoms with Gasteiger partial charge < -0.3 is 10.0 Å². The Morgan fingerprint density at radius 2 is 1.94 bits per heavy atom. The molecule has 3 heterocycles. The molecule has 1 unspecified atom stereocenters. The summed E-state index contributed by atoms with van der Waals surface area (Å²) >= 11 is 0. The largest absolute Gasteiger partial charge is 0.381 e. The number of carbonyl (C=O) groups excluding carboxylic acids is 2. The summed E-state index contributed by atoms with van der Waals surface area (Å²) in [5, 5.41) is 10.2. The third-order valence-electron chi connectivity index (χ3n) is 6.38. The van der Waals surface area contributed by atoms with Gasteiger partial charge in [0.2, 0.25) is 5.91 Å². The second kappa shape index (κ2) is 8.98. The third kappa shape index (κ3) is 4.53. The van der Waals surface area contributed by atoms with Gasteiger partial charge in [0.1, 0.15) is 11.4 Å². The molecule has 1 aromatic heterocycles. The van der Waals surface area contributed by atoms with Crippen molar-refractivity contribution in [2.24, 2.45) is 0 Å². The van der Waals surface area contributed by atoms with E-state index in [-0.39, 0.29) is 17.9 Å². The summed E-state index contributed by atoms with van der Waals surface area (Å²) in [5.74, 6) is 1.04. The highest BCUT2D eigenvalue weighted by Crippen LogP contribution is 2.35. The number of aryl methyl sites for hydroxylation is 2. The first-order chi connectivity index (χ1) is 15.3. The molecule has 1 aromatic carbocycles. The smallest absolute Gasteiger partial charge is 0.254 e. The molecule has 0 spiro atoms. The van der Waals surface area contributed by atoms with E-state index >= 15 is 0 Å². The molecule has 2 aliphatic rings. The molecular weight excluding hydrogens is 404 g/mol. The lowest BCUT2D eigenvalue weighted by atomic mass is 10.0. The minimum atomic E-state index is -1.44. The van der Waals surface area contributed by atoms with Gasteiger partial charge in [-0.3, -0.25) is 14.5 Å². The van der Waals surface area contributed by atoms with E-state index < -0.39 is 5.60 Å². The summed E-state index contributed by atoms with van der Waals surface area (Å²) in [7, 11) is 0. The van der Waals surface area contributed by atoms with Gasteiger partial charge in [-0.05, 0) is 58.4 Å². The lowest BCUT2D eigenvalue weighted by Gasteiger charge is -2.32. The Balaban J connectivity index is 1.59. The van der Waals surface area contributed by atoms with Crippen LogP contribution in [-0.4, -0.2) is 50.5 Å². The summed E-state index contributed by atoms with van der Waals surface area (Å²) < 4.78 is 0. The Labute approximate surface area is 189 Å². The minimum Gasteiger partial charge on any atom is -0.381 e. The van der Waals surface area contributed by atoms with Gasteiger partial charge in [0.15, 0.2) is 5.82 Å². The molecule has 1 atom stereocenters. The quantitative estimate of drug-likeness (QED) is 0.752. The van der Waals surface area contributed by atoms with E-state index in [0.717, 1.165) is 36.9 Å². The number of likely N-dealkylation sites (tertiary alicyclic amines) is 1. The van der Waals surface area contributed by atoms with E-state index in [1.54, 1.807) is 9.80 Å². The van der Waals surface area contributed by atoms with E-state index in [2.05, 4.69) is 12.1 Å². The number of nitrogens with zero attached hydrogens (tertiary/aromatic N) is 4. The van der Waals surface area contributed by atoms with Crippen LogP contribution in [0.3, 0.4) is 0 Å². The van der Waals surface area contributed by atoms with Crippen LogP contribution in [0.1, 0.15) is 68.2 Å². The van der Waals surface area contributed by atoms with E-state index in [4.69, 9.17) is 9.97 Å². The number of aliphatic hydroxyl groups is 1. The van der Waals surface area contributed by atoms with Gasteiger partial charge in [-0.15, -0.1) is 0 Å². The second-order valence-electron chi connectivity index (χ2n) is 9.32. The summed E-state index contributed by atoms with van der Waals surface area (Å²) in [6, 6.07) is 9.99. The van der Waals surface area contributed by atoms with Gasteiger partial charge in [-0.2, -0.15) is 0 Å². The fourth-order valence-corrected chi connectivity index (χ4v) is 4.70. The molecule has 2 amide bonds. The fraction of sp³-hybridized carbons (Fsp3) is 0.520. The molecule has 0 bridgehead atoms. The monoisotopic (exact) mass is 436 g/mol. The van der Waals surface area contributed by atoms with Crippen LogP contribution in [0.5, 0.6) is 0 Å². The van der Waals surface area contributed by atoms with Gasteiger partial charge in [0.05, 0.1) is 6.04 Å². The zero-order chi connectivity index (χ0) is 22.9. The Morgan fingerprint density at radius 3 is 2.66 bits per heavy atom. The molecule has 2 aromatic rings. The topological polar surface area (TPSA) is 86.6 Å². The van der Waals surface area contributed by atoms with Crippen LogP contribution < -0.4 is 4.90 Å². The standard InChI is InChI=1S/C25H32N4O3/c1-17-19-13-14-21(30)29(16-7-11-18-9-5-4-6-10-18)23(19)27-22(26-17)20-12-8-15-28(20)24(31)25(2,3)32/h4-6,9-10,20,32H,7-8,11-16H2,1-3H3. The number of carbonyl (C=O) groups is 2. The number of rotatable bonds is 6. The van der Waals surface area contributed by atoms with Crippen molar-refractivity contribution in [2.45, 2.75) is 70.9 Å². The minimum absolute atomic E-state index is 0.0884. The number of fused-ring (bicyclic) bond motifs is 1.